The van der Waals surface area contributed by atoms with Crippen LogP contribution >= 0.6 is 22.6 Å². The number of rotatable bonds is 7. The Labute approximate surface area is 199 Å². The maximum Gasteiger partial charge on any atom is 0.337 e. The van der Waals surface area contributed by atoms with E-state index < -0.39 is 11.9 Å². The van der Waals surface area contributed by atoms with Crippen molar-refractivity contribution in [3.8, 4) is 11.8 Å². The topological polar surface area (TPSA) is 88.4 Å². The van der Waals surface area contributed by atoms with Crippen LogP contribution in [0.2, 0.25) is 0 Å². The molecule has 0 radical (unpaired) electrons. The van der Waals surface area contributed by atoms with Crippen LogP contribution in [0.15, 0.2) is 78.4 Å². The van der Waals surface area contributed by atoms with Crippen molar-refractivity contribution in [3.05, 3.63) is 98.6 Å². The monoisotopic (exact) mass is 538 g/mol. The lowest BCUT2D eigenvalue weighted by Crippen LogP contribution is -2.13. The number of hydrogen-bond donors (Lipinski definition) is 1. The smallest absolute Gasteiger partial charge is 0.337 e. The van der Waals surface area contributed by atoms with Gasteiger partial charge in [-0.25, -0.2) is 4.79 Å². The van der Waals surface area contributed by atoms with Crippen LogP contribution in [0.5, 0.6) is 5.75 Å². The molecule has 0 saturated carbocycles. The van der Waals surface area contributed by atoms with Gasteiger partial charge in [-0.3, -0.25) is 4.79 Å². The largest absolute Gasteiger partial charge is 0.488 e. The number of nitrogens with zero attached hydrogens (tertiary/aromatic N) is 1. The van der Waals surface area contributed by atoms with Crippen molar-refractivity contribution in [2.45, 2.75) is 6.61 Å². The minimum atomic E-state index is -0.564. The van der Waals surface area contributed by atoms with Gasteiger partial charge in [-0.15, -0.1) is 0 Å². The summed E-state index contributed by atoms with van der Waals surface area (Å²) in [4.78, 5) is 24.1. The standard InChI is InChI=1S/C25H19IN2O4/c1-31-25(30)18-8-12-22(13-9-18)28-24(29)20(15-27)14-19-4-2-3-5-23(19)32-16-17-6-10-21(26)11-7-17/h2-14H,16H2,1H3,(H,28,29)/b20-14+. The van der Waals surface area contributed by atoms with Gasteiger partial charge in [0.2, 0.25) is 0 Å². The maximum atomic E-state index is 12.6. The molecule has 0 spiro atoms. The number of nitrogens with one attached hydrogen (secondary N) is 1. The van der Waals surface area contributed by atoms with Crippen molar-refractivity contribution in [1.29, 1.82) is 5.26 Å². The van der Waals surface area contributed by atoms with Crippen LogP contribution < -0.4 is 10.1 Å². The number of amides is 1. The number of ether oxygens (including phenoxy) is 2. The first-order valence-electron chi connectivity index (χ1n) is 9.58. The van der Waals surface area contributed by atoms with Gasteiger partial charge in [0, 0.05) is 14.8 Å². The maximum absolute atomic E-state index is 12.6. The summed E-state index contributed by atoms with van der Waals surface area (Å²) in [5, 5.41) is 12.2. The van der Waals surface area contributed by atoms with E-state index in [0.29, 0.717) is 29.2 Å². The number of hydrogen-bond acceptors (Lipinski definition) is 5. The number of para-hydroxylation sites is 1. The van der Waals surface area contributed by atoms with Crippen molar-refractivity contribution < 1.29 is 19.1 Å². The molecule has 7 heteroatoms. The quantitative estimate of drug-likeness (QED) is 0.193. The molecule has 0 aromatic heterocycles. The molecule has 0 aliphatic rings. The van der Waals surface area contributed by atoms with Crippen LogP contribution in [-0.2, 0) is 16.1 Å². The Morgan fingerprint density at radius 2 is 1.72 bits per heavy atom. The van der Waals surface area contributed by atoms with Crippen molar-refractivity contribution >= 4 is 46.2 Å². The zero-order valence-corrected chi connectivity index (χ0v) is 19.3. The highest BCUT2D eigenvalue weighted by Gasteiger charge is 2.12. The average Bonchev–Trinajstić information content (AvgIpc) is 2.82. The number of carbonyl (C=O) groups excluding carboxylic acids is 2. The lowest BCUT2D eigenvalue weighted by atomic mass is 10.1. The van der Waals surface area contributed by atoms with Crippen LogP contribution in [0.25, 0.3) is 6.08 Å². The molecule has 160 valence electrons. The minimum Gasteiger partial charge on any atom is -0.488 e. The Kier molecular flexibility index (Phi) is 8.00. The fraction of sp³-hybridized carbons (Fsp3) is 0.0800. The van der Waals surface area contributed by atoms with Crippen LogP contribution in [0, 0.1) is 14.9 Å². The molecule has 1 amide bonds. The molecule has 3 aromatic carbocycles. The zero-order valence-electron chi connectivity index (χ0n) is 17.2. The van der Waals surface area contributed by atoms with E-state index in [1.807, 2.05) is 42.5 Å². The lowest BCUT2D eigenvalue weighted by molar-refractivity contribution is -0.112. The molecule has 0 atom stereocenters. The summed E-state index contributed by atoms with van der Waals surface area (Å²) in [7, 11) is 1.30. The van der Waals surface area contributed by atoms with Crippen molar-refractivity contribution in [2.24, 2.45) is 0 Å². The second-order valence-corrected chi connectivity index (χ2v) is 7.89. The molecule has 0 heterocycles. The molecule has 0 unspecified atom stereocenters. The molecule has 0 saturated heterocycles. The first kappa shape index (κ1) is 23.0. The molecular formula is C25H19IN2O4. The first-order valence-corrected chi connectivity index (χ1v) is 10.7. The third-order valence-corrected chi connectivity index (χ3v) is 5.17. The number of carbonyl (C=O) groups is 2. The van der Waals surface area contributed by atoms with Gasteiger partial charge in [0.15, 0.2) is 0 Å². The summed E-state index contributed by atoms with van der Waals surface area (Å²) in [6, 6.07) is 23.3. The molecule has 0 bridgehead atoms. The van der Waals surface area contributed by atoms with Crippen LogP contribution in [0.3, 0.4) is 0 Å². The van der Waals surface area contributed by atoms with Gasteiger partial charge in [0.25, 0.3) is 5.91 Å². The number of halogens is 1. The van der Waals surface area contributed by atoms with Gasteiger partial charge >= 0.3 is 5.97 Å². The summed E-state index contributed by atoms with van der Waals surface area (Å²) in [6.45, 7) is 0.363. The molecular weight excluding hydrogens is 519 g/mol. The van der Waals surface area contributed by atoms with Crippen LogP contribution in [0.1, 0.15) is 21.5 Å². The summed E-state index contributed by atoms with van der Waals surface area (Å²) in [6.07, 6.45) is 1.49. The number of benzene rings is 3. The van der Waals surface area contributed by atoms with E-state index in [1.54, 1.807) is 24.3 Å². The van der Waals surface area contributed by atoms with Crippen LogP contribution in [0.4, 0.5) is 5.69 Å². The molecule has 32 heavy (non-hydrogen) atoms. The van der Waals surface area contributed by atoms with E-state index in [9.17, 15) is 14.9 Å². The van der Waals surface area contributed by atoms with Crippen molar-refractivity contribution in [3.63, 3.8) is 0 Å². The molecule has 3 aromatic rings. The Bertz CT molecular complexity index is 1180. The van der Waals surface area contributed by atoms with E-state index >= 15 is 0 Å². The molecule has 0 aliphatic carbocycles. The van der Waals surface area contributed by atoms with E-state index in [2.05, 4.69) is 32.6 Å². The lowest BCUT2D eigenvalue weighted by Gasteiger charge is -2.10. The predicted octanol–water partition coefficient (Wildman–Crippen LogP) is 5.20. The highest BCUT2D eigenvalue weighted by molar-refractivity contribution is 14.1. The zero-order chi connectivity index (χ0) is 22.9. The number of nitriles is 1. The molecule has 3 rings (SSSR count). The molecule has 6 nitrogen and oxygen atoms in total. The van der Waals surface area contributed by atoms with Gasteiger partial charge in [0.05, 0.1) is 12.7 Å². The van der Waals surface area contributed by atoms with E-state index in [1.165, 1.54) is 25.3 Å². The summed E-state index contributed by atoms with van der Waals surface area (Å²) >= 11 is 2.24. The molecule has 0 fully saturated rings. The fourth-order valence-electron chi connectivity index (χ4n) is 2.78. The van der Waals surface area contributed by atoms with Gasteiger partial charge in [-0.2, -0.15) is 5.26 Å². The van der Waals surface area contributed by atoms with E-state index in [-0.39, 0.29) is 5.57 Å². The average molecular weight is 538 g/mol. The summed E-state index contributed by atoms with van der Waals surface area (Å²) in [5.41, 5.74) is 2.36. The normalized spacial score (nSPS) is 10.7. The molecule has 1 N–H and O–H groups in total. The number of methoxy groups -OCH3 is 1. The van der Waals surface area contributed by atoms with Crippen molar-refractivity contribution in [2.75, 3.05) is 12.4 Å². The summed E-state index contributed by atoms with van der Waals surface area (Å²) in [5.74, 6) is -0.470. The fourth-order valence-corrected chi connectivity index (χ4v) is 3.14. The van der Waals surface area contributed by atoms with Crippen molar-refractivity contribution in [1.82, 2.24) is 0 Å². The third-order valence-electron chi connectivity index (χ3n) is 4.46. The van der Waals surface area contributed by atoms with Crippen LogP contribution in [-0.4, -0.2) is 19.0 Å². The predicted molar refractivity (Wildman–Crippen MR) is 130 cm³/mol. The number of esters is 1. The van der Waals surface area contributed by atoms with E-state index in [0.717, 1.165) is 9.13 Å². The van der Waals surface area contributed by atoms with E-state index in [4.69, 9.17) is 4.74 Å². The SMILES string of the molecule is COC(=O)c1ccc(NC(=O)/C(C#N)=C/c2ccccc2OCc2ccc(I)cc2)cc1. The third kappa shape index (κ3) is 6.18. The van der Waals surface area contributed by atoms with Gasteiger partial charge in [-0.1, -0.05) is 30.3 Å². The van der Waals surface area contributed by atoms with Gasteiger partial charge in [0.1, 0.15) is 24.0 Å². The highest BCUT2D eigenvalue weighted by atomic mass is 127. The molecule has 0 aliphatic heterocycles. The Morgan fingerprint density at radius 3 is 2.38 bits per heavy atom. The number of anilines is 1. The first-order chi connectivity index (χ1) is 15.5. The second kappa shape index (κ2) is 11.1. The highest BCUT2D eigenvalue weighted by Crippen LogP contribution is 2.23. The van der Waals surface area contributed by atoms with Gasteiger partial charge in [-0.05, 0) is 76.7 Å². The summed E-state index contributed by atoms with van der Waals surface area (Å²) < 4.78 is 11.7. The Balaban J connectivity index is 1.74. The second-order valence-electron chi connectivity index (χ2n) is 6.65. The minimum absolute atomic E-state index is 0.0765. The Morgan fingerprint density at radius 1 is 1.03 bits per heavy atom. The van der Waals surface area contributed by atoms with Gasteiger partial charge < -0.3 is 14.8 Å². The Hall–Kier alpha value is -3.64.